The van der Waals surface area contributed by atoms with Crippen molar-refractivity contribution >= 4 is 23.2 Å². The van der Waals surface area contributed by atoms with Crippen molar-refractivity contribution in [3.63, 3.8) is 0 Å². The minimum Gasteiger partial charge on any atom is -0.373 e. The van der Waals surface area contributed by atoms with Crippen LogP contribution in [0, 0.1) is 11.8 Å². The number of imidazole rings is 1. The summed E-state index contributed by atoms with van der Waals surface area (Å²) in [6.07, 6.45) is 1.74. The molecule has 0 radical (unpaired) electrons. The van der Waals surface area contributed by atoms with E-state index in [2.05, 4.69) is 32.7 Å². The van der Waals surface area contributed by atoms with Gasteiger partial charge in [0.25, 0.3) is 0 Å². The van der Waals surface area contributed by atoms with E-state index < -0.39 is 5.60 Å². The Morgan fingerprint density at radius 1 is 0.828 bits per heavy atom. The van der Waals surface area contributed by atoms with Gasteiger partial charge in [0.2, 0.25) is 0 Å². The fourth-order valence-electron chi connectivity index (χ4n) is 3.57. The van der Waals surface area contributed by atoms with E-state index >= 15 is 0 Å². The lowest BCUT2D eigenvalue weighted by atomic mass is 9.85. The van der Waals surface area contributed by atoms with E-state index in [9.17, 15) is 5.11 Å². The Labute approximate surface area is 183 Å². The highest BCUT2D eigenvalue weighted by molar-refractivity contribution is 6.30. The minimum absolute atomic E-state index is 0.469. The Kier molecular flexibility index (Phi) is 6.72. The summed E-state index contributed by atoms with van der Waals surface area (Å²) in [6, 6.07) is 14.5. The molecule has 0 aliphatic rings. The maximum Gasteiger partial charge on any atom is 0.173 e. The number of benzene rings is 2. The standard InChI is InChI=1S/C24H28Cl2N2O/c1-15(2)13-21-22(14-16(3)4)28-23(27-21)24(29,17-5-9-19(25)10-6-17)18-7-11-20(26)12-8-18/h5-12,15-16,29H,13-14H2,1-4H3,(H,27,28). The number of hydrogen-bond donors (Lipinski definition) is 2. The summed E-state index contributed by atoms with van der Waals surface area (Å²) in [4.78, 5) is 8.36. The second-order valence-corrected chi connectivity index (χ2v) is 9.30. The van der Waals surface area contributed by atoms with Crippen molar-refractivity contribution in [1.29, 1.82) is 0 Å². The maximum atomic E-state index is 12.0. The van der Waals surface area contributed by atoms with Crippen LogP contribution in [0.15, 0.2) is 48.5 Å². The zero-order valence-corrected chi connectivity index (χ0v) is 18.8. The molecule has 0 amide bonds. The SMILES string of the molecule is CC(C)Cc1nc(C(O)(c2ccc(Cl)cc2)c2ccc(Cl)cc2)[nH]c1CC(C)C. The molecule has 154 valence electrons. The van der Waals surface area contributed by atoms with Crippen molar-refractivity contribution in [2.45, 2.75) is 46.1 Å². The first-order valence-electron chi connectivity index (χ1n) is 10.0. The van der Waals surface area contributed by atoms with E-state index in [1.165, 1.54) is 0 Å². The normalized spacial score (nSPS) is 12.2. The van der Waals surface area contributed by atoms with E-state index in [1.54, 1.807) is 24.3 Å². The topological polar surface area (TPSA) is 48.9 Å². The number of rotatable bonds is 7. The summed E-state index contributed by atoms with van der Waals surface area (Å²) in [5.41, 5.74) is 2.07. The van der Waals surface area contributed by atoms with Gasteiger partial charge in [-0.1, -0.05) is 75.2 Å². The first-order valence-corrected chi connectivity index (χ1v) is 10.8. The average Bonchev–Trinajstić information content (AvgIpc) is 3.03. The highest BCUT2D eigenvalue weighted by atomic mass is 35.5. The first kappa shape index (κ1) is 21.9. The predicted molar refractivity (Wildman–Crippen MR) is 121 cm³/mol. The number of H-pyrrole nitrogens is 1. The van der Waals surface area contributed by atoms with Gasteiger partial charge >= 0.3 is 0 Å². The van der Waals surface area contributed by atoms with E-state index in [0.717, 1.165) is 24.2 Å². The van der Waals surface area contributed by atoms with Crippen molar-refractivity contribution in [3.8, 4) is 0 Å². The third-order valence-corrected chi connectivity index (χ3v) is 5.45. The second-order valence-electron chi connectivity index (χ2n) is 8.43. The van der Waals surface area contributed by atoms with Gasteiger partial charge in [0, 0.05) is 15.7 Å². The predicted octanol–water partition coefficient (Wildman–Crippen LogP) is 6.40. The lowest BCUT2D eigenvalue weighted by molar-refractivity contribution is 0.116. The van der Waals surface area contributed by atoms with Gasteiger partial charge < -0.3 is 10.1 Å². The highest BCUT2D eigenvalue weighted by Crippen LogP contribution is 2.37. The summed E-state index contributed by atoms with van der Waals surface area (Å²) in [7, 11) is 0. The smallest absolute Gasteiger partial charge is 0.173 e. The molecule has 0 aliphatic heterocycles. The number of aliphatic hydroxyl groups is 1. The summed E-state index contributed by atoms with van der Waals surface area (Å²) < 4.78 is 0. The van der Waals surface area contributed by atoms with Gasteiger partial charge in [0.05, 0.1) is 5.69 Å². The van der Waals surface area contributed by atoms with E-state index in [0.29, 0.717) is 38.8 Å². The Balaban J connectivity index is 2.19. The molecule has 3 rings (SSSR count). The third-order valence-electron chi connectivity index (χ3n) is 4.95. The van der Waals surface area contributed by atoms with Crippen LogP contribution in [0.4, 0.5) is 0 Å². The van der Waals surface area contributed by atoms with Crippen molar-refractivity contribution in [3.05, 3.63) is 86.9 Å². The van der Waals surface area contributed by atoms with E-state index in [1.807, 2.05) is 24.3 Å². The van der Waals surface area contributed by atoms with Crippen LogP contribution in [-0.2, 0) is 18.4 Å². The average molecular weight is 431 g/mol. The molecular formula is C24H28Cl2N2O. The number of nitrogens with zero attached hydrogens (tertiary/aromatic N) is 1. The minimum atomic E-state index is -1.43. The summed E-state index contributed by atoms with van der Waals surface area (Å²) in [5, 5.41) is 13.3. The van der Waals surface area contributed by atoms with Crippen LogP contribution in [-0.4, -0.2) is 15.1 Å². The van der Waals surface area contributed by atoms with E-state index in [4.69, 9.17) is 28.2 Å². The fraction of sp³-hybridized carbons (Fsp3) is 0.375. The van der Waals surface area contributed by atoms with Gasteiger partial charge in [-0.05, 0) is 60.1 Å². The summed E-state index contributed by atoms with van der Waals surface area (Å²) in [6.45, 7) is 8.73. The van der Waals surface area contributed by atoms with Gasteiger partial charge in [-0.15, -0.1) is 0 Å². The molecule has 1 aromatic heterocycles. The van der Waals surface area contributed by atoms with Gasteiger partial charge in [-0.25, -0.2) is 4.98 Å². The van der Waals surface area contributed by atoms with Gasteiger partial charge in [0.15, 0.2) is 5.60 Å². The van der Waals surface area contributed by atoms with Crippen molar-refractivity contribution < 1.29 is 5.11 Å². The molecule has 29 heavy (non-hydrogen) atoms. The number of nitrogens with one attached hydrogen (secondary N) is 1. The number of aromatic nitrogens is 2. The van der Waals surface area contributed by atoms with Crippen molar-refractivity contribution in [1.82, 2.24) is 9.97 Å². The van der Waals surface area contributed by atoms with Gasteiger partial charge in [-0.2, -0.15) is 0 Å². The first-order chi connectivity index (χ1) is 13.7. The zero-order valence-electron chi connectivity index (χ0n) is 17.3. The van der Waals surface area contributed by atoms with Gasteiger partial charge in [-0.3, -0.25) is 0 Å². The largest absolute Gasteiger partial charge is 0.373 e. The van der Waals surface area contributed by atoms with Crippen LogP contribution in [0.5, 0.6) is 0 Å². The number of halogens is 2. The molecule has 0 saturated carbocycles. The molecule has 0 saturated heterocycles. The molecule has 0 spiro atoms. The molecule has 5 heteroatoms. The van der Waals surface area contributed by atoms with Crippen molar-refractivity contribution in [2.24, 2.45) is 11.8 Å². The molecule has 1 heterocycles. The van der Waals surface area contributed by atoms with Crippen LogP contribution >= 0.6 is 23.2 Å². The molecule has 2 N–H and O–H groups in total. The Bertz CT molecular complexity index is 871. The molecule has 3 nitrogen and oxygen atoms in total. The second kappa shape index (κ2) is 8.91. The Morgan fingerprint density at radius 2 is 1.28 bits per heavy atom. The Hall–Kier alpha value is -1.81. The number of aromatic amines is 1. The van der Waals surface area contributed by atoms with Crippen LogP contribution in [0.1, 0.15) is 56.0 Å². The maximum absolute atomic E-state index is 12.0. The van der Waals surface area contributed by atoms with Crippen LogP contribution in [0.2, 0.25) is 10.0 Å². The fourth-order valence-corrected chi connectivity index (χ4v) is 3.82. The summed E-state index contributed by atoms with van der Waals surface area (Å²) in [5.74, 6) is 1.47. The van der Waals surface area contributed by atoms with Crippen LogP contribution < -0.4 is 0 Å². The molecule has 0 unspecified atom stereocenters. The quantitative estimate of drug-likeness (QED) is 0.455. The molecule has 0 aliphatic carbocycles. The third kappa shape index (κ3) is 4.85. The lowest BCUT2D eigenvalue weighted by Gasteiger charge is -2.27. The zero-order chi connectivity index (χ0) is 21.2. The van der Waals surface area contributed by atoms with Crippen LogP contribution in [0.25, 0.3) is 0 Å². The lowest BCUT2D eigenvalue weighted by Crippen LogP contribution is -2.30. The van der Waals surface area contributed by atoms with Crippen molar-refractivity contribution in [2.75, 3.05) is 0 Å². The van der Waals surface area contributed by atoms with Crippen LogP contribution in [0.3, 0.4) is 0 Å². The Morgan fingerprint density at radius 3 is 1.69 bits per heavy atom. The van der Waals surface area contributed by atoms with Gasteiger partial charge in [0.1, 0.15) is 5.82 Å². The number of hydrogen-bond acceptors (Lipinski definition) is 2. The van der Waals surface area contributed by atoms with E-state index in [-0.39, 0.29) is 0 Å². The molecule has 0 atom stereocenters. The molecule has 3 aromatic rings. The summed E-state index contributed by atoms with van der Waals surface area (Å²) >= 11 is 12.2. The monoisotopic (exact) mass is 430 g/mol. The molecular weight excluding hydrogens is 403 g/mol. The molecule has 0 bridgehead atoms. The molecule has 2 aromatic carbocycles. The molecule has 0 fully saturated rings. The highest BCUT2D eigenvalue weighted by Gasteiger charge is 2.38.